The molecular weight excluding hydrogens is 724 g/mol. The number of benzene rings is 3. The van der Waals surface area contributed by atoms with Crippen LogP contribution in [0.25, 0.3) is 11.1 Å². The topological polar surface area (TPSA) is 105 Å². The number of hydrogen-bond acceptors (Lipinski definition) is 8. The summed E-state index contributed by atoms with van der Waals surface area (Å²) < 4.78 is 17.1. The van der Waals surface area contributed by atoms with Gasteiger partial charge in [-0.2, -0.15) is 10.1 Å². The summed E-state index contributed by atoms with van der Waals surface area (Å²) in [5.74, 6) is 0.137. The summed E-state index contributed by atoms with van der Waals surface area (Å²) in [7, 11) is 1.81. The van der Waals surface area contributed by atoms with Gasteiger partial charge in [0.25, 0.3) is 5.56 Å². The van der Waals surface area contributed by atoms with Crippen LogP contribution in [0, 0.1) is 5.82 Å². The predicted octanol–water partition coefficient (Wildman–Crippen LogP) is 5.76. The average Bonchev–Trinajstić information content (AvgIpc) is 3.55. The van der Waals surface area contributed by atoms with E-state index in [1.807, 2.05) is 66.7 Å². The van der Waals surface area contributed by atoms with Gasteiger partial charge < -0.3 is 14.8 Å². The largest absolute Gasteiger partial charge is 0.340 e. The first-order chi connectivity index (χ1) is 24.7. The van der Waals surface area contributed by atoms with Crippen LogP contribution in [0.3, 0.4) is 0 Å². The Hall–Kier alpha value is -4.33. The number of rotatable bonds is 15. The Morgan fingerprint density at radius 1 is 0.981 bits per heavy atom. The molecule has 0 aliphatic carbocycles. The van der Waals surface area contributed by atoms with E-state index >= 15 is 0 Å². The maximum absolute atomic E-state index is 13.6. The Kier molecular flexibility index (Phi) is 13.8. The highest BCUT2D eigenvalue weighted by Crippen LogP contribution is 2.27. The molecule has 0 radical (unpaired) electrons. The van der Waals surface area contributed by atoms with Crippen LogP contribution in [-0.4, -0.2) is 74.0 Å². The fraction of sp³-hybridized carbons (Fsp3) is 0.289. The Labute approximate surface area is 317 Å². The number of nitrogens with one attached hydrogen (secondary N) is 1. The normalized spacial score (nSPS) is 13.6. The molecule has 10 nitrogen and oxygen atoms in total. The highest BCUT2D eigenvalue weighted by Gasteiger charge is 2.25. The fourth-order valence-electron chi connectivity index (χ4n) is 6.08. The van der Waals surface area contributed by atoms with Crippen molar-refractivity contribution in [1.29, 1.82) is 0 Å². The number of carbonyl (C=O) groups is 2. The number of thioether (sulfide) groups is 1. The van der Waals surface area contributed by atoms with Gasteiger partial charge in [-0.3, -0.25) is 24.0 Å². The summed E-state index contributed by atoms with van der Waals surface area (Å²) in [6, 6.07) is 22.0. The molecule has 5 aromatic rings. The van der Waals surface area contributed by atoms with Crippen molar-refractivity contribution in [1.82, 2.24) is 34.4 Å². The van der Waals surface area contributed by atoms with Gasteiger partial charge in [0.15, 0.2) is 11.4 Å². The van der Waals surface area contributed by atoms with E-state index < -0.39 is 6.17 Å². The number of hydrogen-bond donors (Lipinski definition) is 1. The van der Waals surface area contributed by atoms with Crippen molar-refractivity contribution in [2.24, 2.45) is 7.05 Å². The zero-order chi connectivity index (χ0) is 35.7. The lowest BCUT2D eigenvalue weighted by molar-refractivity contribution is -0.132. The molecule has 3 aromatic carbocycles. The molecule has 1 saturated heterocycles. The van der Waals surface area contributed by atoms with Crippen molar-refractivity contribution in [2.45, 2.75) is 36.5 Å². The van der Waals surface area contributed by atoms with Gasteiger partial charge >= 0.3 is 0 Å². The molecule has 272 valence electrons. The van der Waals surface area contributed by atoms with E-state index in [9.17, 15) is 18.8 Å². The van der Waals surface area contributed by atoms with Crippen LogP contribution in [0.1, 0.15) is 34.8 Å². The first kappa shape index (κ1) is 38.9. The highest BCUT2D eigenvalue weighted by atomic mass is 35.5. The lowest BCUT2D eigenvalue weighted by Gasteiger charge is -2.33. The molecule has 52 heavy (non-hydrogen) atoms. The number of halogens is 3. The number of nitrogens with zero attached hydrogens (tertiary/aromatic N) is 6. The number of carbonyl (C=O) groups excluding carboxylic acids is 2. The van der Waals surface area contributed by atoms with E-state index in [0.717, 1.165) is 40.6 Å². The van der Waals surface area contributed by atoms with Crippen molar-refractivity contribution in [3.8, 4) is 11.1 Å². The van der Waals surface area contributed by atoms with E-state index in [1.165, 1.54) is 23.9 Å². The molecule has 0 spiro atoms. The molecule has 2 aromatic heterocycles. The molecule has 3 heterocycles. The lowest BCUT2D eigenvalue weighted by Crippen LogP contribution is -2.48. The molecule has 1 amide bonds. The van der Waals surface area contributed by atoms with Crippen LogP contribution in [-0.2, 0) is 35.4 Å². The van der Waals surface area contributed by atoms with Crippen LogP contribution in [0.5, 0.6) is 0 Å². The molecule has 1 unspecified atom stereocenters. The van der Waals surface area contributed by atoms with Gasteiger partial charge in [-0.25, -0.2) is 4.39 Å². The van der Waals surface area contributed by atoms with Gasteiger partial charge in [0.2, 0.25) is 5.91 Å². The quantitative estimate of drug-likeness (QED) is 0.0816. The molecule has 1 atom stereocenters. The number of aldehydes is 1. The van der Waals surface area contributed by atoms with Crippen LogP contribution >= 0.6 is 35.8 Å². The van der Waals surface area contributed by atoms with E-state index in [4.69, 9.17) is 11.6 Å². The van der Waals surface area contributed by atoms with Gasteiger partial charge in [-0.1, -0.05) is 71.9 Å². The van der Waals surface area contributed by atoms with Crippen molar-refractivity contribution in [3.63, 3.8) is 0 Å². The fourth-order valence-corrected chi connectivity index (χ4v) is 7.15. The molecule has 0 saturated carbocycles. The monoisotopic (exact) mass is 763 g/mol. The molecule has 1 fully saturated rings. The first-order valence-corrected chi connectivity index (χ1v) is 18.1. The molecule has 1 aliphatic heterocycles. The second-order valence-electron chi connectivity index (χ2n) is 12.5. The Balaban J connectivity index is 0.00000523. The summed E-state index contributed by atoms with van der Waals surface area (Å²) >= 11 is 7.41. The van der Waals surface area contributed by atoms with Crippen LogP contribution in [0.2, 0.25) is 5.02 Å². The lowest BCUT2D eigenvalue weighted by atomic mass is 10.0. The second-order valence-corrected chi connectivity index (χ2v) is 13.9. The number of aromatic nitrogens is 4. The Bertz CT molecular complexity index is 2010. The van der Waals surface area contributed by atoms with E-state index in [0.29, 0.717) is 67.1 Å². The van der Waals surface area contributed by atoms with Crippen molar-refractivity contribution in [2.75, 3.05) is 32.7 Å². The SMILES string of the molecule is Cl.Cn1cc(Cc2cn(C(C=O)N(CCCN3CCNCC3=O)Cc3ccc(-c4ccc(Cl)cc4)cc3)c(SCc3ccc(F)cc3)nc2=O)cn1. The summed E-state index contributed by atoms with van der Waals surface area (Å²) in [5.41, 5.74) is 4.80. The highest BCUT2D eigenvalue weighted by molar-refractivity contribution is 7.98. The minimum absolute atomic E-state index is 0. The third kappa shape index (κ3) is 10.2. The third-order valence-electron chi connectivity index (χ3n) is 8.78. The minimum atomic E-state index is -0.823. The second kappa shape index (κ2) is 18.4. The van der Waals surface area contributed by atoms with Gasteiger partial charge in [0.05, 0.1) is 12.7 Å². The van der Waals surface area contributed by atoms with E-state index in [1.54, 1.807) is 33.8 Å². The van der Waals surface area contributed by atoms with Gasteiger partial charge in [-0.15, -0.1) is 12.4 Å². The van der Waals surface area contributed by atoms with E-state index in [-0.39, 0.29) is 29.7 Å². The number of aryl methyl sites for hydroxylation is 1. The number of amides is 1. The predicted molar refractivity (Wildman–Crippen MR) is 204 cm³/mol. The van der Waals surface area contributed by atoms with Gasteiger partial charge in [-0.05, 0) is 58.5 Å². The first-order valence-electron chi connectivity index (χ1n) is 16.8. The van der Waals surface area contributed by atoms with Crippen LogP contribution in [0.15, 0.2) is 101 Å². The summed E-state index contributed by atoms with van der Waals surface area (Å²) in [5, 5.41) is 8.39. The smallest absolute Gasteiger partial charge is 0.277 e. The van der Waals surface area contributed by atoms with Crippen molar-refractivity contribution in [3.05, 3.63) is 135 Å². The van der Waals surface area contributed by atoms with Crippen LogP contribution < -0.4 is 10.9 Å². The molecule has 1 aliphatic rings. The molecule has 0 bridgehead atoms. The van der Waals surface area contributed by atoms with Crippen molar-refractivity contribution >= 4 is 48.0 Å². The Morgan fingerprint density at radius 2 is 1.67 bits per heavy atom. The standard InChI is InChI=1S/C38H39ClFN7O3S.ClH/c1-44-22-29(20-42-44)19-32-24-47(38(43-37(32)50)51-26-28-5-13-34(40)14-6-28)35(25-48)46(17-2-16-45-18-15-41-21-36(45)49)23-27-3-7-30(8-4-27)31-9-11-33(39)12-10-31;/h3-14,20,22,24-25,35,41H,2,15-19,21,23,26H2,1H3;1H. The zero-order valence-electron chi connectivity index (χ0n) is 28.7. The van der Waals surface area contributed by atoms with Crippen LogP contribution in [0.4, 0.5) is 4.39 Å². The van der Waals surface area contributed by atoms with Gasteiger partial charge in [0, 0.05) is 74.9 Å². The van der Waals surface area contributed by atoms with Gasteiger partial charge in [0.1, 0.15) is 12.0 Å². The maximum atomic E-state index is 13.6. The van der Waals surface area contributed by atoms with Crippen molar-refractivity contribution < 1.29 is 14.0 Å². The molecular formula is C38H40Cl2FN7O3S. The third-order valence-corrected chi connectivity index (χ3v) is 10.1. The summed E-state index contributed by atoms with van der Waals surface area (Å²) in [6.45, 7) is 3.16. The number of piperazine rings is 1. The summed E-state index contributed by atoms with van der Waals surface area (Å²) in [6.07, 6.45) is 6.25. The average molecular weight is 765 g/mol. The zero-order valence-corrected chi connectivity index (χ0v) is 31.0. The molecule has 1 N–H and O–H groups in total. The molecule has 6 rings (SSSR count). The summed E-state index contributed by atoms with van der Waals surface area (Å²) in [4.78, 5) is 47.6. The Morgan fingerprint density at radius 3 is 2.33 bits per heavy atom. The maximum Gasteiger partial charge on any atom is 0.277 e. The van der Waals surface area contributed by atoms with E-state index in [2.05, 4.69) is 20.3 Å². The minimum Gasteiger partial charge on any atom is -0.340 e. The molecule has 14 heteroatoms.